The Balaban J connectivity index is 1.98. The van der Waals surface area contributed by atoms with E-state index in [0.717, 1.165) is 11.4 Å². The zero-order chi connectivity index (χ0) is 13.9. The van der Waals surface area contributed by atoms with Crippen molar-refractivity contribution in [1.29, 1.82) is 0 Å². The first-order valence-corrected chi connectivity index (χ1v) is 6.68. The van der Waals surface area contributed by atoms with Gasteiger partial charge in [0.1, 0.15) is 10.7 Å². The summed E-state index contributed by atoms with van der Waals surface area (Å²) >= 11 is 1.41. The molecule has 0 unspecified atom stereocenters. The van der Waals surface area contributed by atoms with E-state index in [1.54, 1.807) is 6.20 Å². The lowest BCUT2D eigenvalue weighted by atomic mass is 10.2. The van der Waals surface area contributed by atoms with Crippen molar-refractivity contribution in [2.24, 2.45) is 0 Å². The second-order valence-corrected chi connectivity index (χ2v) is 4.85. The van der Waals surface area contributed by atoms with Gasteiger partial charge in [-0.1, -0.05) is 6.07 Å². The number of carbonyl (C=O) groups is 1. The van der Waals surface area contributed by atoms with Gasteiger partial charge in [0.05, 0.1) is 17.0 Å². The summed E-state index contributed by atoms with van der Waals surface area (Å²) in [4.78, 5) is 23.8. The standard InChI is InChI=1S/C14H9N3O2S/c18-14(19)9-4-6-16-11(7-9)13-17-12(8-20-13)10-3-1-2-5-15-10/h1-8H,(H,18,19). The van der Waals surface area contributed by atoms with Gasteiger partial charge in [-0.05, 0) is 24.3 Å². The van der Waals surface area contributed by atoms with Crippen LogP contribution in [0, 0.1) is 0 Å². The Morgan fingerprint density at radius 1 is 1.05 bits per heavy atom. The average molecular weight is 283 g/mol. The number of nitrogens with zero attached hydrogens (tertiary/aromatic N) is 3. The Bertz CT molecular complexity index is 756. The number of aromatic carboxylic acids is 1. The molecule has 0 aliphatic heterocycles. The largest absolute Gasteiger partial charge is 0.478 e. The van der Waals surface area contributed by atoms with E-state index in [9.17, 15) is 4.79 Å². The van der Waals surface area contributed by atoms with Crippen LogP contribution in [0.2, 0.25) is 0 Å². The Hall–Kier alpha value is -2.60. The van der Waals surface area contributed by atoms with Crippen LogP contribution in [0.25, 0.3) is 22.1 Å². The van der Waals surface area contributed by atoms with Crippen LogP contribution in [0.3, 0.4) is 0 Å². The zero-order valence-corrected chi connectivity index (χ0v) is 11.0. The maximum Gasteiger partial charge on any atom is 0.335 e. The molecule has 3 heterocycles. The highest BCUT2D eigenvalue weighted by molar-refractivity contribution is 7.13. The van der Waals surface area contributed by atoms with Crippen molar-refractivity contribution in [1.82, 2.24) is 15.0 Å². The summed E-state index contributed by atoms with van der Waals surface area (Å²) in [6.07, 6.45) is 3.18. The second-order valence-electron chi connectivity index (χ2n) is 3.99. The van der Waals surface area contributed by atoms with Gasteiger partial charge in [0.15, 0.2) is 0 Å². The molecule has 0 amide bonds. The third-order valence-electron chi connectivity index (χ3n) is 2.66. The highest BCUT2D eigenvalue weighted by atomic mass is 32.1. The molecule has 20 heavy (non-hydrogen) atoms. The van der Waals surface area contributed by atoms with Crippen LogP contribution in [0.1, 0.15) is 10.4 Å². The van der Waals surface area contributed by atoms with E-state index in [1.165, 1.54) is 29.7 Å². The smallest absolute Gasteiger partial charge is 0.335 e. The maximum atomic E-state index is 11.0. The minimum Gasteiger partial charge on any atom is -0.478 e. The molecule has 0 aliphatic carbocycles. The fourth-order valence-electron chi connectivity index (χ4n) is 1.70. The molecule has 0 atom stereocenters. The van der Waals surface area contributed by atoms with Crippen molar-refractivity contribution in [3.8, 4) is 22.1 Å². The third kappa shape index (κ3) is 2.41. The normalized spacial score (nSPS) is 10.4. The van der Waals surface area contributed by atoms with Crippen molar-refractivity contribution in [3.05, 3.63) is 53.7 Å². The molecule has 6 heteroatoms. The summed E-state index contributed by atoms with van der Waals surface area (Å²) in [6.45, 7) is 0. The zero-order valence-electron chi connectivity index (χ0n) is 10.2. The van der Waals surface area contributed by atoms with Crippen molar-refractivity contribution in [3.63, 3.8) is 0 Å². The molecule has 5 nitrogen and oxygen atoms in total. The SMILES string of the molecule is O=C(O)c1ccnc(-c2nc(-c3ccccn3)cs2)c1. The number of pyridine rings is 2. The molecule has 0 saturated heterocycles. The van der Waals surface area contributed by atoms with Gasteiger partial charge in [0, 0.05) is 17.8 Å². The molecule has 3 aromatic rings. The van der Waals surface area contributed by atoms with Gasteiger partial charge in [0.2, 0.25) is 0 Å². The van der Waals surface area contributed by atoms with Gasteiger partial charge < -0.3 is 5.11 Å². The van der Waals surface area contributed by atoms with Crippen molar-refractivity contribution in [2.75, 3.05) is 0 Å². The van der Waals surface area contributed by atoms with Gasteiger partial charge in [-0.2, -0.15) is 0 Å². The van der Waals surface area contributed by atoms with Crippen molar-refractivity contribution < 1.29 is 9.90 Å². The van der Waals surface area contributed by atoms with Crippen LogP contribution in [-0.2, 0) is 0 Å². The number of thiazole rings is 1. The predicted octanol–water partition coefficient (Wildman–Crippen LogP) is 2.97. The molecular weight excluding hydrogens is 274 g/mol. The number of hydrogen-bond acceptors (Lipinski definition) is 5. The molecule has 3 rings (SSSR count). The number of rotatable bonds is 3. The lowest BCUT2D eigenvalue weighted by Gasteiger charge is -1.97. The highest BCUT2D eigenvalue weighted by Crippen LogP contribution is 2.26. The molecule has 0 spiro atoms. The Kier molecular flexibility index (Phi) is 3.22. The molecular formula is C14H9N3O2S. The highest BCUT2D eigenvalue weighted by Gasteiger charge is 2.10. The van der Waals surface area contributed by atoms with Crippen molar-refractivity contribution >= 4 is 17.3 Å². The molecule has 98 valence electrons. The molecule has 3 aromatic heterocycles. The summed E-state index contributed by atoms with van der Waals surface area (Å²) in [5, 5.41) is 11.5. The molecule has 0 bridgehead atoms. The molecule has 0 fully saturated rings. The second kappa shape index (κ2) is 5.18. The van der Waals surface area contributed by atoms with E-state index in [4.69, 9.17) is 5.11 Å². The topological polar surface area (TPSA) is 76.0 Å². The monoisotopic (exact) mass is 283 g/mol. The Morgan fingerprint density at radius 3 is 2.65 bits per heavy atom. The van der Waals surface area contributed by atoms with Gasteiger partial charge in [-0.25, -0.2) is 9.78 Å². The quantitative estimate of drug-likeness (QED) is 0.799. The van der Waals surface area contributed by atoms with Gasteiger partial charge >= 0.3 is 5.97 Å². The van der Waals surface area contributed by atoms with Crippen LogP contribution in [0.4, 0.5) is 0 Å². The first kappa shape index (κ1) is 12.4. The van der Waals surface area contributed by atoms with Crippen LogP contribution in [0.5, 0.6) is 0 Å². The number of carboxylic acid groups (broad SMARTS) is 1. The van der Waals surface area contributed by atoms with E-state index in [-0.39, 0.29) is 5.56 Å². The third-order valence-corrected chi connectivity index (χ3v) is 3.52. The van der Waals surface area contributed by atoms with Gasteiger partial charge in [-0.3, -0.25) is 9.97 Å². The van der Waals surface area contributed by atoms with E-state index < -0.39 is 5.97 Å². The predicted molar refractivity (Wildman–Crippen MR) is 75.5 cm³/mol. The Labute approximate surface area is 118 Å². The fourth-order valence-corrected chi connectivity index (χ4v) is 2.48. The summed E-state index contributed by atoms with van der Waals surface area (Å²) in [6, 6.07) is 8.59. The Morgan fingerprint density at radius 2 is 1.90 bits per heavy atom. The van der Waals surface area contributed by atoms with Crippen LogP contribution in [-0.4, -0.2) is 26.0 Å². The van der Waals surface area contributed by atoms with E-state index in [0.29, 0.717) is 10.7 Å². The van der Waals surface area contributed by atoms with Gasteiger partial charge in [0.25, 0.3) is 0 Å². The van der Waals surface area contributed by atoms with Crippen molar-refractivity contribution in [2.45, 2.75) is 0 Å². The first-order valence-electron chi connectivity index (χ1n) is 5.81. The fraction of sp³-hybridized carbons (Fsp3) is 0. The van der Waals surface area contributed by atoms with E-state index in [1.807, 2.05) is 23.6 Å². The van der Waals surface area contributed by atoms with Crippen LogP contribution >= 0.6 is 11.3 Å². The number of aromatic nitrogens is 3. The lowest BCUT2D eigenvalue weighted by molar-refractivity contribution is 0.0697. The minimum absolute atomic E-state index is 0.199. The van der Waals surface area contributed by atoms with Crippen LogP contribution < -0.4 is 0 Å². The summed E-state index contributed by atoms with van der Waals surface area (Å²) in [5.41, 5.74) is 2.29. The number of carboxylic acids is 1. The number of hydrogen-bond donors (Lipinski definition) is 1. The summed E-state index contributed by atoms with van der Waals surface area (Å²) < 4.78 is 0. The maximum absolute atomic E-state index is 11.0. The summed E-state index contributed by atoms with van der Waals surface area (Å²) in [7, 11) is 0. The molecule has 0 aliphatic rings. The lowest BCUT2D eigenvalue weighted by Crippen LogP contribution is -1.97. The molecule has 0 radical (unpaired) electrons. The van der Waals surface area contributed by atoms with Crippen LogP contribution in [0.15, 0.2) is 48.1 Å². The van der Waals surface area contributed by atoms with E-state index in [2.05, 4.69) is 15.0 Å². The summed E-state index contributed by atoms with van der Waals surface area (Å²) in [5.74, 6) is -0.977. The molecule has 0 aromatic carbocycles. The van der Waals surface area contributed by atoms with E-state index >= 15 is 0 Å². The minimum atomic E-state index is -0.977. The molecule has 1 N–H and O–H groups in total. The average Bonchev–Trinajstić information content (AvgIpc) is 2.98. The first-order chi connectivity index (χ1) is 9.74. The molecule has 0 saturated carbocycles. The van der Waals surface area contributed by atoms with Gasteiger partial charge in [-0.15, -0.1) is 11.3 Å².